The zero-order valence-electron chi connectivity index (χ0n) is 11.2. The predicted molar refractivity (Wildman–Crippen MR) is 73.9 cm³/mol. The third kappa shape index (κ3) is 3.02. The maximum atomic E-state index is 11.1. The van der Waals surface area contributed by atoms with Gasteiger partial charge in [0.1, 0.15) is 11.9 Å². The molecule has 110 valence electrons. The van der Waals surface area contributed by atoms with Crippen LogP contribution in [0.1, 0.15) is 47.8 Å². The summed E-state index contributed by atoms with van der Waals surface area (Å²) >= 11 is 1.40. The van der Waals surface area contributed by atoms with Crippen molar-refractivity contribution in [1.82, 2.24) is 30.2 Å². The Labute approximate surface area is 125 Å². The molecule has 0 spiro atoms. The third-order valence-electron chi connectivity index (χ3n) is 3.50. The zero-order chi connectivity index (χ0) is 14.7. The maximum Gasteiger partial charge on any atom is 0.339 e. The number of rotatable bonds is 5. The van der Waals surface area contributed by atoms with Crippen molar-refractivity contribution in [2.24, 2.45) is 0 Å². The van der Waals surface area contributed by atoms with Crippen LogP contribution in [0.3, 0.4) is 0 Å². The van der Waals surface area contributed by atoms with Crippen LogP contribution >= 0.6 is 11.8 Å². The minimum atomic E-state index is -1.03. The van der Waals surface area contributed by atoms with Crippen LogP contribution in [0.25, 0.3) is 0 Å². The zero-order valence-corrected chi connectivity index (χ0v) is 12.0. The summed E-state index contributed by atoms with van der Waals surface area (Å²) in [7, 11) is 0. The van der Waals surface area contributed by atoms with Crippen molar-refractivity contribution >= 4 is 17.7 Å². The monoisotopic (exact) mass is 306 g/mol. The SMILES string of the molecule is O=C(O)c1cncnc1CSc1nnnn1C1CCCC1. The Morgan fingerprint density at radius 2 is 2.24 bits per heavy atom. The minimum Gasteiger partial charge on any atom is -0.478 e. The van der Waals surface area contributed by atoms with Crippen LogP contribution in [0.2, 0.25) is 0 Å². The van der Waals surface area contributed by atoms with Gasteiger partial charge < -0.3 is 5.11 Å². The Morgan fingerprint density at radius 1 is 1.43 bits per heavy atom. The predicted octanol–water partition coefficient (Wildman–Crippen LogP) is 1.57. The average molecular weight is 306 g/mol. The van der Waals surface area contributed by atoms with Gasteiger partial charge in [0.2, 0.25) is 5.16 Å². The molecule has 2 heterocycles. The quantitative estimate of drug-likeness (QED) is 0.829. The first-order valence-corrected chi connectivity index (χ1v) is 7.67. The number of thioether (sulfide) groups is 1. The van der Waals surface area contributed by atoms with E-state index in [4.69, 9.17) is 5.11 Å². The standard InChI is InChI=1S/C12H14N6O2S/c19-11(20)9-5-13-7-14-10(9)6-21-12-15-16-17-18(12)8-3-1-2-4-8/h5,7-8H,1-4,6H2,(H,19,20). The van der Waals surface area contributed by atoms with Gasteiger partial charge in [-0.05, 0) is 23.3 Å². The molecular formula is C12H14N6O2S. The fraction of sp³-hybridized carbons (Fsp3) is 0.500. The van der Waals surface area contributed by atoms with Crippen molar-refractivity contribution in [2.75, 3.05) is 0 Å². The molecule has 2 aromatic heterocycles. The van der Waals surface area contributed by atoms with Crippen LogP contribution in [0, 0.1) is 0 Å². The lowest BCUT2D eigenvalue weighted by Gasteiger charge is -2.10. The van der Waals surface area contributed by atoms with E-state index in [1.54, 1.807) is 0 Å². The molecule has 0 aromatic carbocycles. The van der Waals surface area contributed by atoms with Crippen LogP contribution in [-0.4, -0.2) is 41.3 Å². The number of aromatic nitrogens is 6. The van der Waals surface area contributed by atoms with Crippen LogP contribution in [0.5, 0.6) is 0 Å². The van der Waals surface area contributed by atoms with Crippen molar-refractivity contribution in [3.8, 4) is 0 Å². The summed E-state index contributed by atoms with van der Waals surface area (Å²) in [6.45, 7) is 0. The lowest BCUT2D eigenvalue weighted by atomic mass is 10.2. The van der Waals surface area contributed by atoms with Crippen molar-refractivity contribution < 1.29 is 9.90 Å². The van der Waals surface area contributed by atoms with Crippen molar-refractivity contribution in [2.45, 2.75) is 42.6 Å². The fourth-order valence-corrected chi connectivity index (χ4v) is 3.35. The van der Waals surface area contributed by atoms with Gasteiger partial charge >= 0.3 is 5.97 Å². The van der Waals surface area contributed by atoms with E-state index in [1.807, 2.05) is 4.68 Å². The molecule has 1 aliphatic rings. The molecule has 0 saturated heterocycles. The molecule has 1 N–H and O–H groups in total. The average Bonchev–Trinajstić information content (AvgIpc) is 3.16. The summed E-state index contributed by atoms with van der Waals surface area (Å²) < 4.78 is 1.85. The number of carboxylic acids is 1. The van der Waals surface area contributed by atoms with Gasteiger partial charge in [0.15, 0.2) is 0 Å². The molecule has 0 aliphatic heterocycles. The normalized spacial score (nSPS) is 15.4. The van der Waals surface area contributed by atoms with Crippen molar-refractivity contribution in [3.63, 3.8) is 0 Å². The number of hydrogen-bond acceptors (Lipinski definition) is 7. The molecule has 8 nitrogen and oxygen atoms in total. The van der Waals surface area contributed by atoms with Crippen LogP contribution < -0.4 is 0 Å². The maximum absolute atomic E-state index is 11.1. The fourth-order valence-electron chi connectivity index (χ4n) is 2.44. The molecule has 1 fully saturated rings. The van der Waals surface area contributed by atoms with Crippen LogP contribution in [-0.2, 0) is 5.75 Å². The minimum absolute atomic E-state index is 0.116. The molecule has 9 heteroatoms. The topological polar surface area (TPSA) is 107 Å². The molecule has 1 aliphatic carbocycles. The van der Waals surface area contributed by atoms with Crippen LogP contribution in [0.15, 0.2) is 17.7 Å². The van der Waals surface area contributed by atoms with E-state index in [1.165, 1.54) is 37.1 Å². The van der Waals surface area contributed by atoms with Crippen LogP contribution in [0.4, 0.5) is 0 Å². The second-order valence-electron chi connectivity index (χ2n) is 4.82. The number of tetrazole rings is 1. The summed E-state index contributed by atoms with van der Waals surface area (Å²) in [4.78, 5) is 18.9. The summed E-state index contributed by atoms with van der Waals surface area (Å²) in [5.41, 5.74) is 0.591. The first-order valence-electron chi connectivity index (χ1n) is 6.68. The molecule has 0 bridgehead atoms. The molecule has 0 unspecified atom stereocenters. The third-order valence-corrected chi connectivity index (χ3v) is 4.44. The molecule has 0 radical (unpaired) electrons. The first-order chi connectivity index (χ1) is 10.3. The molecule has 2 aromatic rings. The van der Waals surface area contributed by atoms with Gasteiger partial charge in [0, 0.05) is 11.9 Å². The van der Waals surface area contributed by atoms with Crippen molar-refractivity contribution in [1.29, 1.82) is 0 Å². The number of nitrogens with zero attached hydrogens (tertiary/aromatic N) is 6. The summed E-state index contributed by atoms with van der Waals surface area (Å²) in [6, 6.07) is 0.354. The lowest BCUT2D eigenvalue weighted by molar-refractivity contribution is 0.0695. The summed E-state index contributed by atoms with van der Waals surface area (Å²) in [5, 5.41) is 21.6. The smallest absolute Gasteiger partial charge is 0.339 e. The molecule has 3 rings (SSSR count). The van der Waals surface area contributed by atoms with E-state index < -0.39 is 5.97 Å². The highest BCUT2D eigenvalue weighted by atomic mass is 32.2. The number of hydrogen-bond donors (Lipinski definition) is 1. The largest absolute Gasteiger partial charge is 0.478 e. The summed E-state index contributed by atoms with van der Waals surface area (Å²) in [5.74, 6) is -0.626. The molecule has 0 amide bonds. The molecule has 0 atom stereocenters. The van der Waals surface area contributed by atoms with Gasteiger partial charge in [-0.15, -0.1) is 5.10 Å². The van der Waals surface area contributed by atoms with Gasteiger partial charge in [0.25, 0.3) is 0 Å². The Morgan fingerprint density at radius 3 is 3.00 bits per heavy atom. The Kier molecular flexibility index (Phi) is 4.09. The number of carboxylic acid groups (broad SMARTS) is 1. The molecule has 21 heavy (non-hydrogen) atoms. The summed E-state index contributed by atoms with van der Waals surface area (Å²) in [6.07, 6.45) is 7.24. The van der Waals surface area contributed by atoms with E-state index in [0.717, 1.165) is 12.8 Å². The van der Waals surface area contributed by atoms with Gasteiger partial charge in [-0.3, -0.25) is 0 Å². The van der Waals surface area contributed by atoms with E-state index >= 15 is 0 Å². The number of carbonyl (C=O) groups is 1. The van der Waals surface area contributed by atoms with E-state index in [9.17, 15) is 4.79 Å². The number of aromatic carboxylic acids is 1. The highest BCUT2D eigenvalue weighted by Gasteiger charge is 2.22. The lowest BCUT2D eigenvalue weighted by Crippen LogP contribution is -2.09. The van der Waals surface area contributed by atoms with Gasteiger partial charge in [-0.25, -0.2) is 19.4 Å². The first kappa shape index (κ1) is 13.9. The highest BCUT2D eigenvalue weighted by Crippen LogP contribution is 2.32. The Bertz CT molecular complexity index is 640. The second kappa shape index (κ2) is 6.17. The Balaban J connectivity index is 1.74. The van der Waals surface area contributed by atoms with E-state index in [2.05, 4.69) is 25.5 Å². The van der Waals surface area contributed by atoms with E-state index in [-0.39, 0.29) is 5.56 Å². The van der Waals surface area contributed by atoms with Gasteiger partial charge in [0.05, 0.1) is 11.7 Å². The van der Waals surface area contributed by atoms with Gasteiger partial charge in [-0.1, -0.05) is 24.6 Å². The molecular weight excluding hydrogens is 292 g/mol. The van der Waals surface area contributed by atoms with E-state index in [0.29, 0.717) is 22.6 Å². The van der Waals surface area contributed by atoms with Gasteiger partial charge in [-0.2, -0.15) is 0 Å². The highest BCUT2D eigenvalue weighted by molar-refractivity contribution is 7.98. The Hall–Kier alpha value is -2.03. The molecule has 1 saturated carbocycles. The van der Waals surface area contributed by atoms with Crippen molar-refractivity contribution in [3.05, 3.63) is 23.8 Å². The second-order valence-corrected chi connectivity index (χ2v) is 5.76.